The topological polar surface area (TPSA) is 64.3 Å². The largest absolute Gasteiger partial charge is 0.347 e. The number of H-pyrrole nitrogens is 1. The second-order valence-corrected chi connectivity index (χ2v) is 4.81. The number of hydrogen-bond donors (Lipinski definition) is 2. The number of imidazole rings is 1. The SMILES string of the molecule is CC(C)N1CCN(C(=O)NCc2ncc[nH]2)CC1. The average Bonchev–Trinajstić information content (AvgIpc) is 2.89. The van der Waals surface area contributed by atoms with Crippen LogP contribution in [0, 0.1) is 0 Å². The van der Waals surface area contributed by atoms with Crippen LogP contribution in [0.25, 0.3) is 0 Å². The van der Waals surface area contributed by atoms with Crippen LogP contribution in [-0.4, -0.2) is 58.0 Å². The predicted octanol–water partition coefficient (Wildman–Crippen LogP) is 0.645. The van der Waals surface area contributed by atoms with Crippen LogP contribution in [-0.2, 0) is 6.54 Å². The van der Waals surface area contributed by atoms with E-state index in [1.54, 1.807) is 12.4 Å². The Hall–Kier alpha value is -1.56. The van der Waals surface area contributed by atoms with Crippen LogP contribution in [0.5, 0.6) is 0 Å². The van der Waals surface area contributed by atoms with Gasteiger partial charge in [-0.15, -0.1) is 0 Å². The van der Waals surface area contributed by atoms with Gasteiger partial charge in [0.2, 0.25) is 0 Å². The molecule has 2 N–H and O–H groups in total. The summed E-state index contributed by atoms with van der Waals surface area (Å²) in [5, 5.41) is 2.87. The molecule has 0 spiro atoms. The molecule has 1 fully saturated rings. The molecule has 1 saturated heterocycles. The lowest BCUT2D eigenvalue weighted by Crippen LogP contribution is -2.53. The van der Waals surface area contributed by atoms with Crippen LogP contribution in [0.2, 0.25) is 0 Å². The summed E-state index contributed by atoms with van der Waals surface area (Å²) >= 11 is 0. The van der Waals surface area contributed by atoms with Gasteiger partial charge in [0.15, 0.2) is 0 Å². The number of carbonyl (C=O) groups excluding carboxylic acids is 1. The molecule has 6 nitrogen and oxygen atoms in total. The van der Waals surface area contributed by atoms with Gasteiger partial charge in [-0.3, -0.25) is 4.90 Å². The van der Waals surface area contributed by atoms with Crippen LogP contribution in [0.15, 0.2) is 12.4 Å². The fourth-order valence-electron chi connectivity index (χ4n) is 2.11. The smallest absolute Gasteiger partial charge is 0.317 e. The first-order chi connectivity index (χ1) is 8.66. The van der Waals surface area contributed by atoms with Crippen LogP contribution in [0.3, 0.4) is 0 Å². The van der Waals surface area contributed by atoms with Gasteiger partial charge in [-0.25, -0.2) is 9.78 Å². The van der Waals surface area contributed by atoms with Crippen molar-refractivity contribution in [3.8, 4) is 0 Å². The maximum atomic E-state index is 11.9. The van der Waals surface area contributed by atoms with Crippen molar-refractivity contribution in [2.24, 2.45) is 0 Å². The molecule has 0 aliphatic carbocycles. The molecule has 1 aliphatic heterocycles. The Labute approximate surface area is 107 Å². The number of nitrogens with zero attached hydrogens (tertiary/aromatic N) is 3. The molecule has 2 amide bonds. The zero-order valence-electron chi connectivity index (χ0n) is 11.0. The quantitative estimate of drug-likeness (QED) is 0.829. The van der Waals surface area contributed by atoms with Crippen molar-refractivity contribution < 1.29 is 4.79 Å². The number of urea groups is 1. The molecule has 100 valence electrons. The first kappa shape index (κ1) is 12.9. The minimum absolute atomic E-state index is 0.00481. The standard InChI is InChI=1S/C12H21N5O/c1-10(2)16-5-7-17(8-6-16)12(18)15-9-11-13-3-4-14-11/h3-4,10H,5-9H2,1-2H3,(H,13,14)(H,15,18). The molecule has 2 rings (SSSR count). The van der Waals surface area contributed by atoms with Crippen LogP contribution < -0.4 is 5.32 Å². The molecule has 0 saturated carbocycles. The number of amides is 2. The fourth-order valence-corrected chi connectivity index (χ4v) is 2.11. The predicted molar refractivity (Wildman–Crippen MR) is 69.1 cm³/mol. The van der Waals surface area contributed by atoms with Gasteiger partial charge in [-0.1, -0.05) is 0 Å². The molecular formula is C12H21N5O. The van der Waals surface area contributed by atoms with Crippen molar-refractivity contribution >= 4 is 6.03 Å². The van der Waals surface area contributed by atoms with Crippen LogP contribution >= 0.6 is 0 Å². The minimum Gasteiger partial charge on any atom is -0.347 e. The molecule has 1 aromatic heterocycles. The van der Waals surface area contributed by atoms with E-state index in [-0.39, 0.29) is 6.03 Å². The fraction of sp³-hybridized carbons (Fsp3) is 0.667. The summed E-state index contributed by atoms with van der Waals surface area (Å²) in [6, 6.07) is 0.549. The Kier molecular flexibility index (Phi) is 4.19. The zero-order valence-corrected chi connectivity index (χ0v) is 11.0. The third-order valence-corrected chi connectivity index (χ3v) is 3.29. The minimum atomic E-state index is -0.00481. The Morgan fingerprint density at radius 1 is 1.44 bits per heavy atom. The van der Waals surface area contributed by atoms with E-state index in [0.29, 0.717) is 12.6 Å². The first-order valence-corrected chi connectivity index (χ1v) is 6.42. The van der Waals surface area contributed by atoms with E-state index in [4.69, 9.17) is 0 Å². The summed E-state index contributed by atoms with van der Waals surface area (Å²) in [4.78, 5) is 23.2. The van der Waals surface area contributed by atoms with Crippen molar-refractivity contribution in [3.63, 3.8) is 0 Å². The van der Waals surface area contributed by atoms with E-state index in [1.165, 1.54) is 0 Å². The van der Waals surface area contributed by atoms with E-state index in [0.717, 1.165) is 32.0 Å². The van der Waals surface area contributed by atoms with E-state index >= 15 is 0 Å². The van der Waals surface area contributed by atoms with Crippen molar-refractivity contribution in [1.82, 2.24) is 25.1 Å². The first-order valence-electron chi connectivity index (χ1n) is 6.42. The summed E-state index contributed by atoms with van der Waals surface area (Å²) in [6.45, 7) is 8.32. The molecule has 0 atom stereocenters. The lowest BCUT2D eigenvalue weighted by Gasteiger charge is -2.36. The van der Waals surface area contributed by atoms with Gasteiger partial charge in [-0.05, 0) is 13.8 Å². The number of piperazine rings is 1. The highest BCUT2D eigenvalue weighted by Gasteiger charge is 2.22. The lowest BCUT2D eigenvalue weighted by molar-refractivity contribution is 0.119. The number of nitrogens with one attached hydrogen (secondary N) is 2. The van der Waals surface area contributed by atoms with E-state index < -0.39 is 0 Å². The zero-order chi connectivity index (χ0) is 13.0. The molecule has 0 unspecified atom stereocenters. The highest BCUT2D eigenvalue weighted by molar-refractivity contribution is 5.74. The van der Waals surface area contributed by atoms with Gasteiger partial charge in [0.05, 0.1) is 6.54 Å². The van der Waals surface area contributed by atoms with Crippen molar-refractivity contribution in [2.75, 3.05) is 26.2 Å². The van der Waals surface area contributed by atoms with Crippen molar-refractivity contribution in [3.05, 3.63) is 18.2 Å². The molecule has 6 heteroatoms. The third kappa shape index (κ3) is 3.22. The average molecular weight is 251 g/mol. The monoisotopic (exact) mass is 251 g/mol. The summed E-state index contributed by atoms with van der Waals surface area (Å²) < 4.78 is 0. The molecule has 2 heterocycles. The molecule has 1 aliphatic rings. The molecule has 0 bridgehead atoms. The van der Waals surface area contributed by atoms with Crippen molar-refractivity contribution in [2.45, 2.75) is 26.4 Å². The maximum Gasteiger partial charge on any atom is 0.317 e. The molecule has 18 heavy (non-hydrogen) atoms. The number of hydrogen-bond acceptors (Lipinski definition) is 3. The van der Waals surface area contributed by atoms with Crippen LogP contribution in [0.4, 0.5) is 4.79 Å². The third-order valence-electron chi connectivity index (χ3n) is 3.29. The lowest BCUT2D eigenvalue weighted by atomic mass is 10.2. The highest BCUT2D eigenvalue weighted by Crippen LogP contribution is 2.05. The maximum absolute atomic E-state index is 11.9. The Morgan fingerprint density at radius 3 is 2.72 bits per heavy atom. The van der Waals surface area contributed by atoms with Gasteiger partial charge in [0.1, 0.15) is 5.82 Å². The Morgan fingerprint density at radius 2 is 2.17 bits per heavy atom. The number of aromatic amines is 1. The normalized spacial score (nSPS) is 17.2. The Bertz CT molecular complexity index is 368. The summed E-state index contributed by atoms with van der Waals surface area (Å²) in [6.07, 6.45) is 3.44. The van der Waals surface area contributed by atoms with Gasteiger partial charge in [-0.2, -0.15) is 0 Å². The van der Waals surface area contributed by atoms with Crippen LogP contribution in [0.1, 0.15) is 19.7 Å². The van der Waals surface area contributed by atoms with E-state index in [2.05, 4.69) is 34.0 Å². The second kappa shape index (κ2) is 5.86. The highest BCUT2D eigenvalue weighted by atomic mass is 16.2. The van der Waals surface area contributed by atoms with Gasteiger partial charge < -0.3 is 15.2 Å². The number of carbonyl (C=O) groups is 1. The molecule has 0 radical (unpaired) electrons. The van der Waals surface area contributed by atoms with Gasteiger partial charge in [0.25, 0.3) is 0 Å². The Balaban J connectivity index is 1.74. The number of rotatable bonds is 3. The van der Waals surface area contributed by atoms with Gasteiger partial charge in [0, 0.05) is 44.6 Å². The molecule has 0 aromatic carbocycles. The summed E-state index contributed by atoms with van der Waals surface area (Å²) in [5.41, 5.74) is 0. The number of aromatic nitrogens is 2. The second-order valence-electron chi connectivity index (χ2n) is 4.81. The molecule has 1 aromatic rings. The van der Waals surface area contributed by atoms with Gasteiger partial charge >= 0.3 is 6.03 Å². The van der Waals surface area contributed by atoms with E-state index in [9.17, 15) is 4.79 Å². The summed E-state index contributed by atoms with van der Waals surface area (Å²) in [5.74, 6) is 0.782. The summed E-state index contributed by atoms with van der Waals surface area (Å²) in [7, 11) is 0. The molecular weight excluding hydrogens is 230 g/mol. The van der Waals surface area contributed by atoms with Crippen molar-refractivity contribution in [1.29, 1.82) is 0 Å². The van der Waals surface area contributed by atoms with E-state index in [1.807, 2.05) is 4.90 Å².